The third-order valence-electron chi connectivity index (χ3n) is 6.99. The number of carbonyl (C=O) groups is 2. The molecule has 0 spiro atoms. The molecule has 2 amide bonds. The molecule has 232 valence electrons. The average molecular weight is 612 g/mol. The highest BCUT2D eigenvalue weighted by molar-refractivity contribution is 7.92. The van der Waals surface area contributed by atoms with Crippen molar-refractivity contribution in [2.75, 3.05) is 38.7 Å². The molecule has 0 fully saturated rings. The molecule has 1 N–H and O–H groups in total. The van der Waals surface area contributed by atoms with Crippen LogP contribution in [-0.4, -0.2) is 65.6 Å². The van der Waals surface area contributed by atoms with Crippen molar-refractivity contribution in [3.8, 4) is 17.2 Å². The van der Waals surface area contributed by atoms with Gasteiger partial charge < -0.3 is 24.4 Å². The number of hydrogen-bond donors (Lipinski definition) is 1. The summed E-state index contributed by atoms with van der Waals surface area (Å²) >= 11 is 0. The highest BCUT2D eigenvalue weighted by atomic mass is 32.2. The number of ether oxygens (including phenoxy) is 3. The highest BCUT2D eigenvalue weighted by Gasteiger charge is 2.34. The van der Waals surface area contributed by atoms with Crippen LogP contribution in [0.4, 0.5) is 5.69 Å². The Labute approximate surface area is 254 Å². The lowest BCUT2D eigenvalue weighted by Gasteiger charge is -2.33. The van der Waals surface area contributed by atoms with E-state index in [4.69, 9.17) is 14.2 Å². The maximum Gasteiger partial charge on any atom is 0.264 e. The van der Waals surface area contributed by atoms with Crippen molar-refractivity contribution < 1.29 is 32.2 Å². The van der Waals surface area contributed by atoms with Gasteiger partial charge in [0.05, 0.1) is 31.9 Å². The van der Waals surface area contributed by atoms with Gasteiger partial charge in [0.15, 0.2) is 11.5 Å². The minimum Gasteiger partial charge on any atom is -0.497 e. The largest absolute Gasteiger partial charge is 0.497 e. The lowest BCUT2D eigenvalue weighted by molar-refractivity contribution is -0.140. The Morgan fingerprint density at radius 3 is 2.12 bits per heavy atom. The second kappa shape index (κ2) is 15.8. The normalized spacial score (nSPS) is 11.7. The van der Waals surface area contributed by atoms with Gasteiger partial charge in [-0.3, -0.25) is 13.9 Å². The maximum absolute atomic E-state index is 14.2. The van der Waals surface area contributed by atoms with E-state index in [1.54, 1.807) is 49.6 Å². The first-order valence-electron chi connectivity index (χ1n) is 14.2. The predicted octanol–water partition coefficient (Wildman–Crippen LogP) is 4.63. The van der Waals surface area contributed by atoms with Gasteiger partial charge in [-0.25, -0.2) is 8.42 Å². The van der Waals surface area contributed by atoms with Crippen LogP contribution in [0.1, 0.15) is 38.7 Å². The van der Waals surface area contributed by atoms with Gasteiger partial charge in [-0.1, -0.05) is 50.6 Å². The first-order valence-corrected chi connectivity index (χ1v) is 15.6. The fourth-order valence-electron chi connectivity index (χ4n) is 4.58. The Morgan fingerprint density at radius 1 is 0.860 bits per heavy atom. The lowest BCUT2D eigenvalue weighted by atomic mass is 10.1. The number of sulfonamides is 1. The first kappa shape index (κ1) is 33.3. The van der Waals surface area contributed by atoms with Crippen LogP contribution in [0, 0.1) is 0 Å². The summed E-state index contributed by atoms with van der Waals surface area (Å²) in [5.74, 6) is 0.534. The van der Waals surface area contributed by atoms with Crippen LogP contribution in [0.3, 0.4) is 0 Å². The van der Waals surface area contributed by atoms with E-state index in [9.17, 15) is 18.0 Å². The van der Waals surface area contributed by atoms with Crippen molar-refractivity contribution in [1.82, 2.24) is 10.2 Å². The summed E-state index contributed by atoms with van der Waals surface area (Å²) in [6.07, 6.45) is 2.04. The van der Waals surface area contributed by atoms with Gasteiger partial charge in [-0.05, 0) is 54.8 Å². The molecule has 3 aromatic carbocycles. The molecule has 3 rings (SSSR count). The molecule has 3 aromatic rings. The van der Waals surface area contributed by atoms with Gasteiger partial charge in [-0.2, -0.15) is 0 Å². The van der Waals surface area contributed by atoms with Crippen molar-refractivity contribution in [3.05, 3.63) is 78.4 Å². The van der Waals surface area contributed by atoms with Crippen molar-refractivity contribution in [2.45, 2.75) is 50.6 Å². The molecule has 0 unspecified atom stereocenters. The molecule has 11 heteroatoms. The number of amides is 2. The highest BCUT2D eigenvalue weighted by Crippen LogP contribution is 2.34. The van der Waals surface area contributed by atoms with Crippen molar-refractivity contribution in [3.63, 3.8) is 0 Å². The third kappa shape index (κ3) is 8.41. The van der Waals surface area contributed by atoms with Gasteiger partial charge in [0.25, 0.3) is 10.0 Å². The second-order valence-electron chi connectivity index (χ2n) is 9.80. The molecule has 43 heavy (non-hydrogen) atoms. The number of benzene rings is 3. The minimum atomic E-state index is -4.21. The van der Waals surface area contributed by atoms with E-state index in [0.717, 1.165) is 22.7 Å². The molecule has 0 saturated carbocycles. The number of nitrogens with zero attached hydrogens (tertiary/aromatic N) is 2. The molecule has 0 aliphatic carbocycles. The molecule has 0 radical (unpaired) electrons. The smallest absolute Gasteiger partial charge is 0.264 e. The van der Waals surface area contributed by atoms with E-state index in [2.05, 4.69) is 5.32 Å². The molecule has 0 aromatic heterocycles. The van der Waals surface area contributed by atoms with E-state index in [1.165, 1.54) is 37.3 Å². The monoisotopic (exact) mass is 611 g/mol. The molecule has 0 heterocycles. The molecule has 10 nitrogen and oxygen atoms in total. The number of hydrogen-bond acceptors (Lipinski definition) is 7. The van der Waals surface area contributed by atoms with Crippen molar-refractivity contribution >= 4 is 27.5 Å². The molecular formula is C32H41N3O7S. The number of methoxy groups -OCH3 is 3. The number of anilines is 1. The van der Waals surface area contributed by atoms with E-state index in [0.29, 0.717) is 30.2 Å². The number of rotatable bonds is 16. The van der Waals surface area contributed by atoms with Crippen molar-refractivity contribution in [1.29, 1.82) is 0 Å². The SMILES string of the molecule is CCCCNC(=O)[C@@H](CC)N(Cc1ccc(OC)cc1)C(=O)CN(c1ccc(OC)c(OC)c1)S(=O)(=O)c1ccccc1. The molecular weight excluding hydrogens is 570 g/mol. The van der Waals surface area contributed by atoms with Gasteiger partial charge in [-0.15, -0.1) is 0 Å². The summed E-state index contributed by atoms with van der Waals surface area (Å²) in [4.78, 5) is 29.0. The summed E-state index contributed by atoms with van der Waals surface area (Å²) in [6.45, 7) is 3.87. The van der Waals surface area contributed by atoms with E-state index in [-0.39, 0.29) is 23.0 Å². The molecule has 0 aliphatic rings. The Kier molecular flexibility index (Phi) is 12.2. The van der Waals surface area contributed by atoms with Gasteiger partial charge in [0.2, 0.25) is 11.8 Å². The quantitative estimate of drug-likeness (QED) is 0.235. The van der Waals surface area contributed by atoms with E-state index >= 15 is 0 Å². The third-order valence-corrected chi connectivity index (χ3v) is 8.78. The number of carbonyl (C=O) groups excluding carboxylic acids is 2. The molecule has 0 saturated heterocycles. The van der Waals surface area contributed by atoms with E-state index < -0.39 is 28.5 Å². The molecule has 1 atom stereocenters. The summed E-state index contributed by atoms with van der Waals surface area (Å²) in [6, 6.07) is 18.9. The maximum atomic E-state index is 14.2. The summed E-state index contributed by atoms with van der Waals surface area (Å²) in [7, 11) is 0.283. The molecule has 0 aliphatic heterocycles. The average Bonchev–Trinajstić information content (AvgIpc) is 3.03. The second-order valence-corrected chi connectivity index (χ2v) is 11.7. The fraction of sp³-hybridized carbons (Fsp3) is 0.375. The van der Waals surface area contributed by atoms with Crippen LogP contribution >= 0.6 is 0 Å². The van der Waals surface area contributed by atoms with Crippen LogP contribution in [0.2, 0.25) is 0 Å². The lowest BCUT2D eigenvalue weighted by Crippen LogP contribution is -2.52. The first-order chi connectivity index (χ1) is 20.7. The Hall–Kier alpha value is -4.25. The van der Waals surface area contributed by atoms with E-state index in [1.807, 2.05) is 26.0 Å². The zero-order chi connectivity index (χ0) is 31.4. The molecule has 0 bridgehead atoms. The zero-order valence-electron chi connectivity index (χ0n) is 25.4. The standard InChI is InChI=1S/C32H41N3O7S/c1-6-8-20-33-32(37)28(7-2)34(22-24-14-17-26(40-3)18-15-24)31(36)23-35(43(38,39)27-12-10-9-11-13-27)25-16-19-29(41-4)30(21-25)42-5/h9-19,21,28H,6-8,20,22-23H2,1-5H3,(H,33,37)/t28-/m1/s1. The summed E-state index contributed by atoms with van der Waals surface area (Å²) < 4.78 is 45.1. The van der Waals surface area contributed by atoms with Crippen molar-refractivity contribution in [2.24, 2.45) is 0 Å². The topological polar surface area (TPSA) is 114 Å². The van der Waals surface area contributed by atoms with Crippen LogP contribution < -0.4 is 23.8 Å². The number of unbranched alkanes of at least 4 members (excludes halogenated alkanes) is 1. The summed E-state index contributed by atoms with van der Waals surface area (Å²) in [5.41, 5.74) is 0.970. The van der Waals surface area contributed by atoms with Crippen LogP contribution in [0.15, 0.2) is 77.7 Å². The van der Waals surface area contributed by atoms with Gasteiger partial charge in [0, 0.05) is 19.2 Å². The Morgan fingerprint density at radius 2 is 1.53 bits per heavy atom. The predicted molar refractivity (Wildman–Crippen MR) is 166 cm³/mol. The number of nitrogens with one attached hydrogen (secondary N) is 1. The summed E-state index contributed by atoms with van der Waals surface area (Å²) in [5, 5.41) is 2.93. The Bertz CT molecular complexity index is 1450. The zero-order valence-corrected chi connectivity index (χ0v) is 26.2. The van der Waals surface area contributed by atoms with Crippen LogP contribution in [0.25, 0.3) is 0 Å². The Balaban J connectivity index is 2.07. The van der Waals surface area contributed by atoms with Crippen LogP contribution in [-0.2, 0) is 26.2 Å². The minimum absolute atomic E-state index is 0.0173. The van der Waals surface area contributed by atoms with Crippen LogP contribution in [0.5, 0.6) is 17.2 Å². The fourth-order valence-corrected chi connectivity index (χ4v) is 6.01. The van der Waals surface area contributed by atoms with Gasteiger partial charge in [0.1, 0.15) is 18.3 Å². The van der Waals surface area contributed by atoms with Gasteiger partial charge >= 0.3 is 0 Å².